The van der Waals surface area contributed by atoms with Crippen LogP contribution < -0.4 is 14.2 Å². The van der Waals surface area contributed by atoms with Gasteiger partial charge < -0.3 is 14.2 Å². The van der Waals surface area contributed by atoms with E-state index in [1.165, 1.54) is 0 Å². The van der Waals surface area contributed by atoms with E-state index in [1.807, 2.05) is 12.1 Å². The molecule has 0 atom stereocenters. The maximum absolute atomic E-state index is 12.6. The molecule has 5 nitrogen and oxygen atoms in total. The largest absolute Gasteiger partial charge is 0.496 e. The fraction of sp³-hybridized carbons (Fsp3) is 0.238. The summed E-state index contributed by atoms with van der Waals surface area (Å²) in [4.78, 5) is 24.7. The molecule has 0 unspecified atom stereocenters. The first-order valence-corrected chi connectivity index (χ1v) is 9.12. The topological polar surface area (TPSA) is 61.8 Å². The van der Waals surface area contributed by atoms with Crippen LogP contribution in [0.5, 0.6) is 17.2 Å². The molecule has 27 heavy (non-hydrogen) atoms. The predicted molar refractivity (Wildman–Crippen MR) is 105 cm³/mol. The van der Waals surface area contributed by atoms with Crippen molar-refractivity contribution in [3.05, 3.63) is 57.8 Å². The Morgan fingerprint density at radius 3 is 2.56 bits per heavy atom. The number of rotatable bonds is 3. The number of allylic oxidation sites excluding steroid dienone is 1. The number of carbonyl (C=O) groups excluding carboxylic acids is 2. The van der Waals surface area contributed by atoms with Crippen LogP contribution >= 0.6 is 15.9 Å². The first-order chi connectivity index (χ1) is 12.7. The summed E-state index contributed by atoms with van der Waals surface area (Å²) in [5.41, 5.74) is 0.506. The van der Waals surface area contributed by atoms with Crippen molar-refractivity contribution in [1.82, 2.24) is 0 Å². The summed E-state index contributed by atoms with van der Waals surface area (Å²) in [5, 5.41) is 0. The van der Waals surface area contributed by atoms with Crippen LogP contribution in [0.1, 0.15) is 36.7 Å². The van der Waals surface area contributed by atoms with Crippen LogP contribution in [0.2, 0.25) is 0 Å². The standard InChI is InChI=1S/C21H19BrO5/c1-21(2,3)20(24)26-14-6-7-15-17(11-14)27-18(19(15)23)10-12-9-13(22)5-8-16(12)25-4/h5-11H,1-4H3/b18-10-. The van der Waals surface area contributed by atoms with Gasteiger partial charge in [0.25, 0.3) is 0 Å². The van der Waals surface area contributed by atoms with Gasteiger partial charge in [0.05, 0.1) is 18.1 Å². The molecule has 140 valence electrons. The van der Waals surface area contributed by atoms with Gasteiger partial charge in [0.2, 0.25) is 5.78 Å². The maximum atomic E-state index is 12.6. The van der Waals surface area contributed by atoms with Crippen LogP contribution in [0.4, 0.5) is 0 Å². The average molecular weight is 431 g/mol. The Morgan fingerprint density at radius 2 is 1.89 bits per heavy atom. The van der Waals surface area contributed by atoms with Crippen molar-refractivity contribution in [2.45, 2.75) is 20.8 Å². The molecular weight excluding hydrogens is 412 g/mol. The summed E-state index contributed by atoms with van der Waals surface area (Å²) in [7, 11) is 1.56. The zero-order chi connectivity index (χ0) is 19.8. The maximum Gasteiger partial charge on any atom is 0.316 e. The van der Waals surface area contributed by atoms with E-state index in [0.717, 1.165) is 4.47 Å². The third-order valence-electron chi connectivity index (χ3n) is 3.94. The molecule has 1 aliphatic rings. The van der Waals surface area contributed by atoms with E-state index in [1.54, 1.807) is 58.2 Å². The quantitative estimate of drug-likeness (QED) is 0.388. The van der Waals surface area contributed by atoms with E-state index in [0.29, 0.717) is 28.4 Å². The molecule has 0 aliphatic carbocycles. The average Bonchev–Trinajstić information content (AvgIpc) is 2.89. The molecule has 3 rings (SSSR count). The molecule has 1 heterocycles. The van der Waals surface area contributed by atoms with E-state index >= 15 is 0 Å². The van der Waals surface area contributed by atoms with Crippen molar-refractivity contribution in [3.8, 4) is 17.2 Å². The number of benzene rings is 2. The van der Waals surface area contributed by atoms with E-state index in [9.17, 15) is 9.59 Å². The summed E-state index contributed by atoms with van der Waals surface area (Å²) in [5.74, 6) is 0.905. The molecule has 0 spiro atoms. The summed E-state index contributed by atoms with van der Waals surface area (Å²) < 4.78 is 17.3. The second-order valence-electron chi connectivity index (χ2n) is 7.12. The van der Waals surface area contributed by atoms with Gasteiger partial charge in [-0.05, 0) is 57.2 Å². The molecule has 0 bridgehead atoms. The first-order valence-electron chi connectivity index (χ1n) is 8.33. The molecule has 1 aliphatic heterocycles. The van der Waals surface area contributed by atoms with Crippen LogP contribution in [0.15, 0.2) is 46.6 Å². The number of halogens is 1. The minimum atomic E-state index is -0.627. The lowest BCUT2D eigenvalue weighted by molar-refractivity contribution is -0.143. The summed E-state index contributed by atoms with van der Waals surface area (Å²) in [6, 6.07) is 10.2. The van der Waals surface area contributed by atoms with Crippen LogP contribution in [-0.4, -0.2) is 18.9 Å². The highest BCUT2D eigenvalue weighted by Crippen LogP contribution is 2.36. The number of hydrogen-bond acceptors (Lipinski definition) is 5. The molecule has 0 N–H and O–H groups in total. The molecule has 2 aromatic carbocycles. The minimum Gasteiger partial charge on any atom is -0.496 e. The van der Waals surface area contributed by atoms with Gasteiger partial charge in [0, 0.05) is 16.1 Å². The fourth-order valence-corrected chi connectivity index (χ4v) is 2.83. The lowest BCUT2D eigenvalue weighted by Crippen LogP contribution is -2.25. The normalized spacial score (nSPS) is 14.7. The van der Waals surface area contributed by atoms with E-state index in [2.05, 4.69) is 15.9 Å². The number of ketones is 1. The Bertz CT molecular complexity index is 954. The molecule has 0 amide bonds. The Morgan fingerprint density at radius 1 is 1.15 bits per heavy atom. The number of carbonyl (C=O) groups is 2. The molecule has 0 saturated heterocycles. The third kappa shape index (κ3) is 4.06. The summed E-state index contributed by atoms with van der Waals surface area (Å²) in [6.45, 7) is 5.32. The Labute approximate surface area is 166 Å². The molecule has 0 saturated carbocycles. The highest BCUT2D eigenvalue weighted by molar-refractivity contribution is 9.10. The second-order valence-corrected chi connectivity index (χ2v) is 8.04. The molecule has 0 aromatic heterocycles. The van der Waals surface area contributed by atoms with E-state index < -0.39 is 5.41 Å². The molecular formula is C21H19BrO5. The van der Waals surface area contributed by atoms with Crippen molar-refractivity contribution in [1.29, 1.82) is 0 Å². The minimum absolute atomic E-state index is 0.181. The zero-order valence-corrected chi connectivity index (χ0v) is 17.0. The van der Waals surface area contributed by atoms with Gasteiger partial charge in [-0.1, -0.05) is 15.9 Å². The predicted octanol–water partition coefficient (Wildman–Crippen LogP) is 5.03. The first kappa shape index (κ1) is 19.2. The highest BCUT2D eigenvalue weighted by Gasteiger charge is 2.29. The Hall–Kier alpha value is -2.60. The summed E-state index contributed by atoms with van der Waals surface area (Å²) in [6.07, 6.45) is 1.63. The van der Waals surface area contributed by atoms with Gasteiger partial charge in [-0.3, -0.25) is 9.59 Å². The Balaban J connectivity index is 1.89. The molecule has 0 fully saturated rings. The lowest BCUT2D eigenvalue weighted by atomic mass is 9.97. The second kappa shape index (κ2) is 7.19. The van der Waals surface area contributed by atoms with Crippen molar-refractivity contribution in [2.75, 3.05) is 7.11 Å². The van der Waals surface area contributed by atoms with Gasteiger partial charge >= 0.3 is 5.97 Å². The van der Waals surface area contributed by atoms with Gasteiger partial charge in [0.15, 0.2) is 5.76 Å². The monoisotopic (exact) mass is 430 g/mol. The number of methoxy groups -OCH3 is 1. The lowest BCUT2D eigenvalue weighted by Gasteiger charge is -2.16. The van der Waals surface area contributed by atoms with E-state index in [-0.39, 0.29) is 17.5 Å². The van der Waals surface area contributed by atoms with Gasteiger partial charge in [-0.2, -0.15) is 0 Å². The van der Waals surface area contributed by atoms with Crippen molar-refractivity contribution >= 4 is 33.8 Å². The SMILES string of the molecule is COc1ccc(Br)cc1/C=C1\Oc2cc(OC(=O)C(C)(C)C)ccc2C1=O. The summed E-state index contributed by atoms with van der Waals surface area (Å²) >= 11 is 3.41. The molecule has 0 radical (unpaired) electrons. The number of esters is 1. The number of Topliss-reactive ketones (excluding diaryl/α,β-unsaturated/α-hetero) is 1. The van der Waals surface area contributed by atoms with Gasteiger partial charge in [-0.25, -0.2) is 0 Å². The number of fused-ring (bicyclic) bond motifs is 1. The van der Waals surface area contributed by atoms with Crippen LogP contribution in [-0.2, 0) is 4.79 Å². The van der Waals surface area contributed by atoms with Crippen molar-refractivity contribution in [2.24, 2.45) is 5.41 Å². The molecule has 6 heteroatoms. The number of ether oxygens (including phenoxy) is 3. The van der Waals surface area contributed by atoms with Crippen molar-refractivity contribution < 1.29 is 23.8 Å². The van der Waals surface area contributed by atoms with Crippen LogP contribution in [0.3, 0.4) is 0 Å². The third-order valence-corrected chi connectivity index (χ3v) is 4.44. The Kier molecular flexibility index (Phi) is 5.11. The van der Waals surface area contributed by atoms with Gasteiger partial charge in [-0.15, -0.1) is 0 Å². The van der Waals surface area contributed by atoms with E-state index in [4.69, 9.17) is 14.2 Å². The van der Waals surface area contributed by atoms with Crippen LogP contribution in [0.25, 0.3) is 6.08 Å². The number of hydrogen-bond donors (Lipinski definition) is 0. The highest BCUT2D eigenvalue weighted by atomic mass is 79.9. The fourth-order valence-electron chi connectivity index (χ4n) is 2.45. The van der Waals surface area contributed by atoms with Gasteiger partial charge in [0.1, 0.15) is 17.2 Å². The smallest absolute Gasteiger partial charge is 0.316 e. The van der Waals surface area contributed by atoms with Crippen LogP contribution in [0, 0.1) is 5.41 Å². The molecule has 2 aromatic rings. The zero-order valence-electron chi connectivity index (χ0n) is 15.5. The van der Waals surface area contributed by atoms with Crippen molar-refractivity contribution in [3.63, 3.8) is 0 Å².